The predicted molar refractivity (Wildman–Crippen MR) is 100 cm³/mol. The van der Waals surface area contributed by atoms with E-state index in [0.29, 0.717) is 17.0 Å². The Kier molecular flexibility index (Phi) is 5.41. The van der Waals surface area contributed by atoms with Crippen LogP contribution >= 0.6 is 11.8 Å². The molecule has 0 spiro atoms. The van der Waals surface area contributed by atoms with Crippen molar-refractivity contribution in [2.45, 2.75) is 30.9 Å². The highest BCUT2D eigenvalue weighted by Crippen LogP contribution is 2.27. The predicted octanol–water partition coefficient (Wildman–Crippen LogP) is 3.66. The zero-order valence-electron chi connectivity index (χ0n) is 14.1. The minimum absolute atomic E-state index is 0.114. The van der Waals surface area contributed by atoms with Crippen LogP contribution in [0, 0.1) is 0 Å². The molecule has 1 aromatic carbocycles. The van der Waals surface area contributed by atoms with Gasteiger partial charge >= 0.3 is 0 Å². The average Bonchev–Trinajstić information content (AvgIpc) is 2.59. The summed E-state index contributed by atoms with van der Waals surface area (Å²) < 4.78 is 0. The molecule has 0 aliphatic carbocycles. The van der Waals surface area contributed by atoms with Crippen LogP contribution in [0.15, 0.2) is 48.8 Å². The second kappa shape index (κ2) is 7.71. The van der Waals surface area contributed by atoms with Crippen LogP contribution in [0.1, 0.15) is 29.8 Å². The number of aromatic nitrogens is 1. The Morgan fingerprint density at radius 1 is 1.21 bits per heavy atom. The summed E-state index contributed by atoms with van der Waals surface area (Å²) in [7, 11) is 0. The van der Waals surface area contributed by atoms with Gasteiger partial charge in [-0.05, 0) is 23.8 Å². The molecular formula is C19H23N3OS. The van der Waals surface area contributed by atoms with E-state index < -0.39 is 0 Å². The number of hydrogen-bond donors (Lipinski definition) is 1. The Bertz CT molecular complexity index is 682. The molecule has 0 saturated carbocycles. The van der Waals surface area contributed by atoms with E-state index in [1.807, 2.05) is 59.3 Å². The summed E-state index contributed by atoms with van der Waals surface area (Å²) in [6.07, 6.45) is 3.60. The standard InChI is InChI=1S/C19H23N3OS/c1-14-12-22(13-15(2)24-14)19(23)17-7-3-4-8-18(17)21-11-16-6-5-9-20-10-16/h3-10,14-15,21H,11-13H2,1-2H3/t14-,15-/m1/s1. The lowest BCUT2D eigenvalue weighted by Crippen LogP contribution is -2.44. The van der Waals surface area contributed by atoms with Gasteiger partial charge in [0.1, 0.15) is 0 Å². The first-order chi connectivity index (χ1) is 11.6. The SMILES string of the molecule is C[C@@H]1CN(C(=O)c2ccccc2NCc2cccnc2)C[C@@H](C)S1. The van der Waals surface area contributed by atoms with Crippen LogP contribution in [0.3, 0.4) is 0 Å². The Morgan fingerprint density at radius 2 is 1.96 bits per heavy atom. The second-order valence-electron chi connectivity index (χ2n) is 6.23. The fourth-order valence-corrected chi connectivity index (χ4v) is 4.36. The van der Waals surface area contributed by atoms with E-state index in [-0.39, 0.29) is 5.91 Å². The third kappa shape index (κ3) is 4.09. The first-order valence-corrected chi connectivity index (χ1v) is 9.24. The molecule has 0 unspecified atom stereocenters. The highest BCUT2D eigenvalue weighted by molar-refractivity contribution is 8.00. The first-order valence-electron chi connectivity index (χ1n) is 8.30. The minimum atomic E-state index is 0.114. The van der Waals surface area contributed by atoms with Gasteiger partial charge in [-0.2, -0.15) is 11.8 Å². The highest BCUT2D eigenvalue weighted by atomic mass is 32.2. The number of carbonyl (C=O) groups is 1. The van der Waals surface area contributed by atoms with Gasteiger partial charge in [0, 0.05) is 48.2 Å². The molecule has 1 aliphatic rings. The summed E-state index contributed by atoms with van der Waals surface area (Å²) in [4.78, 5) is 19.1. The molecule has 4 nitrogen and oxygen atoms in total. The largest absolute Gasteiger partial charge is 0.380 e. The number of para-hydroxylation sites is 1. The van der Waals surface area contributed by atoms with Crippen LogP contribution in [-0.2, 0) is 6.54 Å². The van der Waals surface area contributed by atoms with Crippen LogP contribution in [0.4, 0.5) is 5.69 Å². The van der Waals surface area contributed by atoms with E-state index in [9.17, 15) is 4.79 Å². The Balaban J connectivity index is 1.74. The topological polar surface area (TPSA) is 45.2 Å². The minimum Gasteiger partial charge on any atom is -0.380 e. The first kappa shape index (κ1) is 16.8. The lowest BCUT2D eigenvalue weighted by molar-refractivity contribution is 0.0754. The molecule has 0 bridgehead atoms. The summed E-state index contributed by atoms with van der Waals surface area (Å²) in [5.41, 5.74) is 2.72. The van der Waals surface area contributed by atoms with Crippen LogP contribution < -0.4 is 5.32 Å². The van der Waals surface area contributed by atoms with Crippen molar-refractivity contribution < 1.29 is 4.79 Å². The molecule has 1 N–H and O–H groups in total. The molecule has 2 heterocycles. The summed E-state index contributed by atoms with van der Waals surface area (Å²) in [6, 6.07) is 11.7. The van der Waals surface area contributed by atoms with Crippen molar-refractivity contribution in [3.05, 3.63) is 59.9 Å². The van der Waals surface area contributed by atoms with E-state index in [2.05, 4.69) is 24.1 Å². The third-order valence-corrected chi connectivity index (χ3v) is 5.30. The van der Waals surface area contributed by atoms with Gasteiger partial charge < -0.3 is 10.2 Å². The van der Waals surface area contributed by atoms with Gasteiger partial charge in [-0.3, -0.25) is 9.78 Å². The Hall–Kier alpha value is -2.01. The maximum Gasteiger partial charge on any atom is 0.256 e. The number of anilines is 1. The monoisotopic (exact) mass is 341 g/mol. The molecule has 1 amide bonds. The number of nitrogens with one attached hydrogen (secondary N) is 1. The van der Waals surface area contributed by atoms with Gasteiger partial charge in [-0.1, -0.05) is 32.0 Å². The third-order valence-electron chi connectivity index (χ3n) is 4.07. The number of hydrogen-bond acceptors (Lipinski definition) is 4. The number of carbonyl (C=O) groups excluding carboxylic acids is 1. The van der Waals surface area contributed by atoms with Gasteiger partial charge in [0.15, 0.2) is 0 Å². The zero-order chi connectivity index (χ0) is 16.9. The van der Waals surface area contributed by atoms with Crippen molar-refractivity contribution >= 4 is 23.4 Å². The van der Waals surface area contributed by atoms with Crippen LogP contribution in [0.25, 0.3) is 0 Å². The van der Waals surface area contributed by atoms with E-state index in [0.717, 1.165) is 29.9 Å². The van der Waals surface area contributed by atoms with Crippen molar-refractivity contribution in [2.75, 3.05) is 18.4 Å². The molecule has 1 aromatic heterocycles. The molecule has 1 aliphatic heterocycles. The fraction of sp³-hybridized carbons (Fsp3) is 0.368. The zero-order valence-corrected chi connectivity index (χ0v) is 14.9. The van der Waals surface area contributed by atoms with E-state index in [1.165, 1.54) is 0 Å². The molecular weight excluding hydrogens is 318 g/mol. The Morgan fingerprint density at radius 3 is 2.67 bits per heavy atom. The number of amides is 1. The molecule has 5 heteroatoms. The summed E-state index contributed by atoms with van der Waals surface area (Å²) >= 11 is 1.95. The molecule has 0 radical (unpaired) electrons. The second-order valence-corrected chi connectivity index (χ2v) is 8.11. The van der Waals surface area contributed by atoms with Crippen molar-refractivity contribution in [3.63, 3.8) is 0 Å². The number of thioether (sulfide) groups is 1. The highest BCUT2D eigenvalue weighted by Gasteiger charge is 2.27. The summed E-state index contributed by atoms with van der Waals surface area (Å²) in [6.45, 7) is 6.65. The van der Waals surface area contributed by atoms with Gasteiger partial charge in [-0.25, -0.2) is 0 Å². The lowest BCUT2D eigenvalue weighted by Gasteiger charge is -2.35. The molecule has 2 atom stereocenters. The number of nitrogens with zero attached hydrogens (tertiary/aromatic N) is 2. The van der Waals surface area contributed by atoms with E-state index in [1.54, 1.807) is 6.20 Å². The van der Waals surface area contributed by atoms with Gasteiger partial charge in [0.05, 0.1) is 5.56 Å². The summed E-state index contributed by atoms with van der Waals surface area (Å²) in [5.74, 6) is 0.114. The fourth-order valence-electron chi connectivity index (χ4n) is 3.04. The van der Waals surface area contributed by atoms with Crippen LogP contribution in [-0.4, -0.2) is 39.4 Å². The summed E-state index contributed by atoms with van der Waals surface area (Å²) in [5, 5.41) is 4.34. The smallest absolute Gasteiger partial charge is 0.256 e. The van der Waals surface area contributed by atoms with Gasteiger partial charge in [0.2, 0.25) is 0 Å². The van der Waals surface area contributed by atoms with Crippen molar-refractivity contribution in [1.82, 2.24) is 9.88 Å². The van der Waals surface area contributed by atoms with Gasteiger partial charge in [-0.15, -0.1) is 0 Å². The molecule has 3 rings (SSSR count). The molecule has 24 heavy (non-hydrogen) atoms. The quantitative estimate of drug-likeness (QED) is 0.922. The van der Waals surface area contributed by atoms with Crippen molar-refractivity contribution in [3.8, 4) is 0 Å². The van der Waals surface area contributed by atoms with Crippen molar-refractivity contribution in [2.24, 2.45) is 0 Å². The van der Waals surface area contributed by atoms with E-state index in [4.69, 9.17) is 0 Å². The van der Waals surface area contributed by atoms with Crippen LogP contribution in [0.5, 0.6) is 0 Å². The average molecular weight is 341 g/mol. The molecule has 1 saturated heterocycles. The van der Waals surface area contributed by atoms with Gasteiger partial charge in [0.25, 0.3) is 5.91 Å². The molecule has 1 fully saturated rings. The van der Waals surface area contributed by atoms with E-state index >= 15 is 0 Å². The van der Waals surface area contributed by atoms with Crippen molar-refractivity contribution in [1.29, 1.82) is 0 Å². The number of rotatable bonds is 4. The lowest BCUT2D eigenvalue weighted by atomic mass is 10.1. The number of pyridine rings is 1. The maximum absolute atomic E-state index is 13.0. The van der Waals surface area contributed by atoms with Crippen LogP contribution in [0.2, 0.25) is 0 Å². The molecule has 2 aromatic rings. The normalized spacial score (nSPS) is 20.7. The number of benzene rings is 1. The molecule has 126 valence electrons. The Labute approximate surface area is 147 Å². The maximum atomic E-state index is 13.0.